The Bertz CT molecular complexity index is 1550. The molecule has 234 valence electrons. The van der Waals surface area contributed by atoms with Gasteiger partial charge in [-0.2, -0.15) is 0 Å². The highest BCUT2D eigenvalue weighted by molar-refractivity contribution is 6.30. The number of hydrogen-bond acceptors (Lipinski definition) is 5. The van der Waals surface area contributed by atoms with Crippen LogP contribution in [0.1, 0.15) is 72.6 Å². The molecule has 0 saturated carbocycles. The highest BCUT2D eigenvalue weighted by atomic mass is 35.5. The Kier molecular flexibility index (Phi) is 10.5. The summed E-state index contributed by atoms with van der Waals surface area (Å²) in [5, 5.41) is 22.5. The van der Waals surface area contributed by atoms with Gasteiger partial charge in [0.2, 0.25) is 5.91 Å². The van der Waals surface area contributed by atoms with Crippen molar-refractivity contribution in [2.45, 2.75) is 72.5 Å². The number of nitrogens with one attached hydrogen (secondary N) is 1. The van der Waals surface area contributed by atoms with Crippen molar-refractivity contribution in [2.75, 3.05) is 23.4 Å². The first-order chi connectivity index (χ1) is 20.8. The smallest absolute Gasteiger partial charge is 0.303 e. The summed E-state index contributed by atoms with van der Waals surface area (Å²) in [5.41, 5.74) is 6.01. The predicted molar refractivity (Wildman–Crippen MR) is 172 cm³/mol. The molecule has 3 aromatic carbocycles. The van der Waals surface area contributed by atoms with E-state index >= 15 is 0 Å². The molecule has 2 atom stereocenters. The zero-order valence-corrected chi connectivity index (χ0v) is 26.7. The van der Waals surface area contributed by atoms with Crippen molar-refractivity contribution < 1.29 is 29.3 Å². The number of ether oxygens (including phenoxy) is 1. The molecule has 0 aliphatic carbocycles. The summed E-state index contributed by atoms with van der Waals surface area (Å²) in [4.78, 5) is 40.3. The van der Waals surface area contributed by atoms with Crippen LogP contribution < -0.4 is 10.2 Å². The summed E-state index contributed by atoms with van der Waals surface area (Å²) in [7, 11) is 0. The van der Waals surface area contributed by atoms with Crippen LogP contribution in [0.4, 0.5) is 11.4 Å². The Labute approximate surface area is 264 Å². The second kappa shape index (κ2) is 13.9. The van der Waals surface area contributed by atoms with E-state index in [4.69, 9.17) is 21.4 Å². The van der Waals surface area contributed by atoms with Crippen LogP contribution >= 0.6 is 11.6 Å². The van der Waals surface area contributed by atoms with Crippen molar-refractivity contribution in [2.24, 2.45) is 5.41 Å². The number of halogens is 1. The number of fused-ring (bicyclic) bond motifs is 1. The molecule has 0 fully saturated rings. The molecular weight excluding hydrogens is 580 g/mol. The number of carboxylic acids is 1. The number of carbonyl (C=O) groups is 3. The lowest BCUT2D eigenvalue weighted by Crippen LogP contribution is -2.46. The van der Waals surface area contributed by atoms with Crippen LogP contribution in [-0.4, -0.2) is 47.3 Å². The van der Waals surface area contributed by atoms with Gasteiger partial charge in [0.05, 0.1) is 6.42 Å². The number of carboxylic acid groups (broad SMARTS) is 1. The molecule has 9 heteroatoms. The number of amides is 2. The molecule has 0 unspecified atom stereocenters. The van der Waals surface area contributed by atoms with E-state index in [1.54, 1.807) is 23.1 Å². The summed E-state index contributed by atoms with van der Waals surface area (Å²) < 4.78 is 6.61. The van der Waals surface area contributed by atoms with E-state index in [0.717, 1.165) is 27.8 Å². The standard InChI is InChI=1S/C35H41ClN2O6/c1-21-8-6-10-26(23(21)3)33-27-17-25(36)14-15-29(27)38(19-35(4,5)20-39)34(43)30(44-33)18-31(40)37-28-16-24(13-12-22(28)2)9-7-11-32(41)42/h6,8,10,12-17,30,33,39H,7,9,11,18-20H2,1-5H3,(H,37,40)(H,41,42)/t30-,33-/m1/s1. The maximum atomic E-state index is 14.3. The number of carbonyl (C=O) groups excluding carboxylic acids is 2. The van der Waals surface area contributed by atoms with Gasteiger partial charge < -0.3 is 25.2 Å². The molecule has 0 bridgehead atoms. The largest absolute Gasteiger partial charge is 0.481 e. The van der Waals surface area contributed by atoms with Crippen LogP contribution in [0.15, 0.2) is 54.6 Å². The van der Waals surface area contributed by atoms with Crippen LogP contribution in [0.2, 0.25) is 5.02 Å². The lowest BCUT2D eigenvalue weighted by molar-refractivity contribution is -0.137. The minimum Gasteiger partial charge on any atom is -0.481 e. The molecule has 0 radical (unpaired) electrons. The molecule has 3 aromatic rings. The predicted octanol–water partition coefficient (Wildman–Crippen LogP) is 6.54. The van der Waals surface area contributed by atoms with Gasteiger partial charge in [0.25, 0.3) is 5.91 Å². The van der Waals surface area contributed by atoms with Crippen molar-refractivity contribution in [3.05, 3.63) is 93.0 Å². The van der Waals surface area contributed by atoms with Crippen LogP contribution in [0.5, 0.6) is 0 Å². The van der Waals surface area contributed by atoms with Crippen LogP contribution in [-0.2, 0) is 25.5 Å². The average molecular weight is 621 g/mol. The van der Waals surface area contributed by atoms with Gasteiger partial charge >= 0.3 is 5.97 Å². The lowest BCUT2D eigenvalue weighted by atomic mass is 9.91. The fraction of sp³-hybridized carbons (Fsp3) is 0.400. The second-order valence-electron chi connectivity index (χ2n) is 12.4. The Morgan fingerprint density at radius 1 is 1.02 bits per heavy atom. The third kappa shape index (κ3) is 7.86. The second-order valence-corrected chi connectivity index (χ2v) is 12.8. The number of rotatable bonds is 11. The number of aryl methyl sites for hydroxylation is 3. The maximum Gasteiger partial charge on any atom is 0.303 e. The number of aliphatic hydroxyl groups excluding tert-OH is 1. The Morgan fingerprint density at radius 3 is 2.48 bits per heavy atom. The monoisotopic (exact) mass is 620 g/mol. The molecule has 8 nitrogen and oxygen atoms in total. The first-order valence-electron chi connectivity index (χ1n) is 14.8. The van der Waals surface area contributed by atoms with Crippen LogP contribution in [0.25, 0.3) is 0 Å². The summed E-state index contributed by atoms with van der Waals surface area (Å²) in [6.07, 6.45) is -0.920. The Balaban J connectivity index is 1.70. The number of benzene rings is 3. The molecule has 0 spiro atoms. The maximum absolute atomic E-state index is 14.3. The molecule has 44 heavy (non-hydrogen) atoms. The topological polar surface area (TPSA) is 116 Å². The molecule has 1 aliphatic rings. The van der Waals surface area contributed by atoms with E-state index < -0.39 is 23.6 Å². The van der Waals surface area contributed by atoms with Gasteiger partial charge in [-0.05, 0) is 85.7 Å². The molecular formula is C35H41ClN2O6. The quantitative estimate of drug-likeness (QED) is 0.224. The van der Waals surface area contributed by atoms with Crippen molar-refractivity contribution in [1.29, 1.82) is 0 Å². The third-order valence-electron chi connectivity index (χ3n) is 8.15. The molecule has 1 heterocycles. The van der Waals surface area contributed by atoms with Crippen molar-refractivity contribution in [3.8, 4) is 0 Å². The van der Waals surface area contributed by atoms with E-state index in [2.05, 4.69) is 5.32 Å². The van der Waals surface area contributed by atoms with Crippen LogP contribution in [0.3, 0.4) is 0 Å². The summed E-state index contributed by atoms with van der Waals surface area (Å²) in [5.74, 6) is -1.62. The fourth-order valence-electron chi connectivity index (χ4n) is 5.42. The van der Waals surface area contributed by atoms with Crippen molar-refractivity contribution >= 4 is 40.8 Å². The highest BCUT2D eigenvalue weighted by Crippen LogP contribution is 2.42. The lowest BCUT2D eigenvalue weighted by Gasteiger charge is -2.32. The summed E-state index contributed by atoms with van der Waals surface area (Å²) in [6, 6.07) is 16.9. The fourth-order valence-corrected chi connectivity index (χ4v) is 5.60. The molecule has 0 saturated heterocycles. The minimum absolute atomic E-state index is 0.0649. The Morgan fingerprint density at radius 2 is 1.77 bits per heavy atom. The average Bonchev–Trinajstić information content (AvgIpc) is 3.06. The van der Waals surface area contributed by atoms with Gasteiger partial charge in [-0.25, -0.2) is 0 Å². The SMILES string of the molecule is Cc1ccc(CCCC(=O)O)cc1NC(=O)C[C@H]1O[C@H](c2cccc(C)c2C)c2cc(Cl)ccc2N(CC(C)(C)CO)C1=O. The van der Waals surface area contributed by atoms with Crippen molar-refractivity contribution in [1.82, 2.24) is 0 Å². The molecule has 3 N–H and O–H groups in total. The van der Waals surface area contributed by atoms with Gasteiger partial charge in [-0.1, -0.05) is 55.8 Å². The van der Waals surface area contributed by atoms with Gasteiger partial charge in [-0.15, -0.1) is 0 Å². The van der Waals surface area contributed by atoms with Gasteiger partial charge in [0, 0.05) is 46.9 Å². The number of hydrogen-bond donors (Lipinski definition) is 3. The molecule has 1 aliphatic heterocycles. The molecule has 0 aromatic heterocycles. The minimum atomic E-state index is -1.13. The summed E-state index contributed by atoms with van der Waals surface area (Å²) in [6.45, 7) is 9.70. The zero-order valence-electron chi connectivity index (χ0n) is 25.9. The first-order valence-corrected chi connectivity index (χ1v) is 15.2. The number of aliphatic carboxylic acids is 1. The van der Waals surface area contributed by atoms with E-state index in [9.17, 15) is 19.5 Å². The van der Waals surface area contributed by atoms with E-state index in [1.807, 2.05) is 71.0 Å². The Hall–Kier alpha value is -3.72. The third-order valence-corrected chi connectivity index (χ3v) is 8.39. The number of nitrogens with zero attached hydrogens (tertiary/aromatic N) is 1. The van der Waals surface area contributed by atoms with Crippen molar-refractivity contribution in [3.63, 3.8) is 0 Å². The summed E-state index contributed by atoms with van der Waals surface area (Å²) >= 11 is 6.49. The molecule has 2 amide bonds. The zero-order chi connectivity index (χ0) is 32.2. The van der Waals surface area contributed by atoms with Crippen LogP contribution in [0, 0.1) is 26.2 Å². The number of aliphatic hydroxyl groups is 1. The first kappa shape index (κ1) is 33.2. The van der Waals surface area contributed by atoms with Gasteiger partial charge in [0.15, 0.2) is 0 Å². The number of anilines is 2. The van der Waals surface area contributed by atoms with E-state index in [1.165, 1.54) is 0 Å². The highest BCUT2D eigenvalue weighted by Gasteiger charge is 2.40. The van der Waals surface area contributed by atoms with Gasteiger partial charge in [-0.3, -0.25) is 14.4 Å². The van der Waals surface area contributed by atoms with E-state index in [-0.39, 0.29) is 37.8 Å². The normalized spacial score (nSPS) is 16.8. The molecule has 4 rings (SSSR count). The van der Waals surface area contributed by atoms with E-state index in [0.29, 0.717) is 34.8 Å². The van der Waals surface area contributed by atoms with Gasteiger partial charge in [0.1, 0.15) is 12.2 Å².